The van der Waals surface area contributed by atoms with Crippen molar-refractivity contribution in [3.63, 3.8) is 0 Å². The van der Waals surface area contributed by atoms with Gasteiger partial charge >= 0.3 is 5.97 Å². The molecule has 0 radical (unpaired) electrons. The van der Waals surface area contributed by atoms with E-state index in [0.29, 0.717) is 17.9 Å². The lowest BCUT2D eigenvalue weighted by atomic mass is 10.1. The number of nitrogens with one attached hydrogen (secondary N) is 1. The van der Waals surface area contributed by atoms with Crippen LogP contribution in [-0.2, 0) is 4.79 Å². The molecule has 0 spiro atoms. The van der Waals surface area contributed by atoms with E-state index in [-0.39, 0.29) is 17.4 Å². The molecule has 0 fully saturated rings. The molecule has 1 atom stereocenters. The Morgan fingerprint density at radius 1 is 1.47 bits per heavy atom. The van der Waals surface area contributed by atoms with Crippen LogP contribution in [0.15, 0.2) is 18.2 Å². The third-order valence-corrected chi connectivity index (χ3v) is 2.91. The molecule has 0 aromatic heterocycles. The molecule has 6 heteroatoms. The molecule has 1 aromatic carbocycles. The minimum absolute atomic E-state index is 0.0902. The van der Waals surface area contributed by atoms with E-state index in [4.69, 9.17) is 10.8 Å². The van der Waals surface area contributed by atoms with Gasteiger partial charge in [0.05, 0.1) is 17.2 Å². The molecule has 1 aromatic rings. The molecule has 0 aliphatic heterocycles. The molecule has 0 saturated heterocycles. The van der Waals surface area contributed by atoms with Crippen molar-refractivity contribution in [1.82, 2.24) is 5.32 Å². The second-order valence-corrected chi connectivity index (χ2v) is 4.48. The smallest absolute Gasteiger partial charge is 0.337 e. The number of benzene rings is 1. The third kappa shape index (κ3) is 3.61. The number of amides is 1. The molecular weight excluding hydrogens is 246 g/mol. The van der Waals surface area contributed by atoms with Crippen LogP contribution in [0.5, 0.6) is 0 Å². The molecular formula is C13H19N3O3. The highest BCUT2D eigenvalue weighted by Crippen LogP contribution is 2.23. The van der Waals surface area contributed by atoms with Crippen molar-refractivity contribution in [2.24, 2.45) is 5.92 Å². The average molecular weight is 265 g/mol. The minimum Gasteiger partial charge on any atom is -0.478 e. The minimum atomic E-state index is -1.02. The van der Waals surface area contributed by atoms with E-state index in [1.54, 1.807) is 38.1 Å². The van der Waals surface area contributed by atoms with Gasteiger partial charge in [-0.25, -0.2) is 4.79 Å². The Hall–Kier alpha value is -2.24. The highest BCUT2D eigenvalue weighted by Gasteiger charge is 2.18. The summed E-state index contributed by atoms with van der Waals surface area (Å²) >= 11 is 0. The van der Waals surface area contributed by atoms with Gasteiger partial charge in [0.2, 0.25) is 5.91 Å². The summed E-state index contributed by atoms with van der Waals surface area (Å²) in [4.78, 5) is 24.4. The molecule has 0 aliphatic carbocycles. The fourth-order valence-electron chi connectivity index (χ4n) is 1.88. The summed E-state index contributed by atoms with van der Waals surface area (Å²) in [6.45, 7) is 2.19. The zero-order chi connectivity index (χ0) is 14.6. The largest absolute Gasteiger partial charge is 0.478 e. The molecule has 0 aliphatic rings. The Bertz CT molecular complexity index is 488. The Morgan fingerprint density at radius 3 is 2.63 bits per heavy atom. The number of rotatable bonds is 5. The zero-order valence-electron chi connectivity index (χ0n) is 11.3. The van der Waals surface area contributed by atoms with Gasteiger partial charge in [-0.3, -0.25) is 4.79 Å². The van der Waals surface area contributed by atoms with Gasteiger partial charge in [-0.2, -0.15) is 0 Å². The van der Waals surface area contributed by atoms with Crippen LogP contribution in [0.4, 0.5) is 11.4 Å². The van der Waals surface area contributed by atoms with Crippen LogP contribution >= 0.6 is 0 Å². The number of carboxylic acids is 1. The van der Waals surface area contributed by atoms with Crippen LogP contribution in [0.25, 0.3) is 0 Å². The molecule has 4 N–H and O–H groups in total. The van der Waals surface area contributed by atoms with E-state index >= 15 is 0 Å². The normalized spacial score (nSPS) is 11.7. The summed E-state index contributed by atoms with van der Waals surface area (Å²) < 4.78 is 0. The lowest BCUT2D eigenvalue weighted by Gasteiger charge is -2.24. The van der Waals surface area contributed by atoms with Crippen molar-refractivity contribution in [3.8, 4) is 0 Å². The monoisotopic (exact) mass is 265 g/mol. The van der Waals surface area contributed by atoms with Gasteiger partial charge in [0, 0.05) is 26.3 Å². The first-order valence-corrected chi connectivity index (χ1v) is 5.92. The number of hydrogen-bond donors (Lipinski definition) is 3. The fourth-order valence-corrected chi connectivity index (χ4v) is 1.88. The summed E-state index contributed by atoms with van der Waals surface area (Å²) in [5.74, 6) is -1.36. The SMILES string of the molecule is CNC(=O)C(C)CN(C)c1cc(N)ccc1C(=O)O. The van der Waals surface area contributed by atoms with Gasteiger partial charge in [-0.05, 0) is 18.2 Å². The number of nitrogen functional groups attached to an aromatic ring is 1. The number of hydrogen-bond acceptors (Lipinski definition) is 4. The topological polar surface area (TPSA) is 95.7 Å². The predicted molar refractivity (Wildman–Crippen MR) is 74.3 cm³/mol. The standard InChI is InChI=1S/C13H19N3O3/c1-8(12(17)15-2)7-16(3)11-6-9(14)4-5-10(11)13(18)19/h4-6,8H,7,14H2,1-3H3,(H,15,17)(H,18,19). The van der Waals surface area contributed by atoms with E-state index in [1.165, 1.54) is 6.07 Å². The molecule has 0 heterocycles. The van der Waals surface area contributed by atoms with Crippen LogP contribution in [0.3, 0.4) is 0 Å². The van der Waals surface area contributed by atoms with Crippen molar-refractivity contribution in [3.05, 3.63) is 23.8 Å². The van der Waals surface area contributed by atoms with Crippen molar-refractivity contribution < 1.29 is 14.7 Å². The van der Waals surface area contributed by atoms with Gasteiger partial charge in [0.1, 0.15) is 0 Å². The quantitative estimate of drug-likeness (QED) is 0.684. The second-order valence-electron chi connectivity index (χ2n) is 4.48. The maximum Gasteiger partial charge on any atom is 0.337 e. The highest BCUT2D eigenvalue weighted by molar-refractivity contribution is 5.95. The summed E-state index contributed by atoms with van der Waals surface area (Å²) in [5, 5.41) is 11.7. The van der Waals surface area contributed by atoms with Gasteiger partial charge in [0.25, 0.3) is 0 Å². The number of carbonyl (C=O) groups excluding carboxylic acids is 1. The van der Waals surface area contributed by atoms with E-state index in [0.717, 1.165) is 0 Å². The number of carbonyl (C=O) groups is 2. The van der Waals surface area contributed by atoms with Crippen LogP contribution in [0.2, 0.25) is 0 Å². The van der Waals surface area contributed by atoms with Gasteiger partial charge in [-0.15, -0.1) is 0 Å². The molecule has 1 amide bonds. The van der Waals surface area contributed by atoms with Crippen molar-refractivity contribution in [1.29, 1.82) is 0 Å². The number of anilines is 2. The van der Waals surface area contributed by atoms with Crippen molar-refractivity contribution in [2.45, 2.75) is 6.92 Å². The lowest BCUT2D eigenvalue weighted by molar-refractivity contribution is -0.123. The number of nitrogens with two attached hydrogens (primary N) is 1. The summed E-state index contributed by atoms with van der Waals surface area (Å²) in [6.07, 6.45) is 0. The maximum atomic E-state index is 11.5. The first-order chi connectivity index (χ1) is 8.86. The second kappa shape index (κ2) is 6.08. The van der Waals surface area contributed by atoms with Crippen molar-refractivity contribution >= 4 is 23.3 Å². The molecule has 1 unspecified atom stereocenters. The molecule has 1 rings (SSSR count). The predicted octanol–water partition coefficient (Wildman–Crippen LogP) is 0.785. The maximum absolute atomic E-state index is 11.5. The van der Waals surface area contributed by atoms with Crippen LogP contribution in [0.1, 0.15) is 17.3 Å². The Balaban J connectivity index is 2.98. The molecule has 6 nitrogen and oxygen atoms in total. The summed E-state index contributed by atoms with van der Waals surface area (Å²) in [6, 6.07) is 4.61. The molecule has 0 saturated carbocycles. The fraction of sp³-hybridized carbons (Fsp3) is 0.385. The van der Waals surface area contributed by atoms with E-state index in [9.17, 15) is 9.59 Å². The average Bonchev–Trinajstić information content (AvgIpc) is 2.36. The van der Waals surface area contributed by atoms with Crippen LogP contribution in [0, 0.1) is 5.92 Å². The van der Waals surface area contributed by atoms with Gasteiger partial charge in [0.15, 0.2) is 0 Å². The van der Waals surface area contributed by atoms with E-state index < -0.39 is 5.97 Å². The number of aromatic carboxylic acids is 1. The first kappa shape index (κ1) is 14.8. The van der Waals surface area contributed by atoms with E-state index in [2.05, 4.69) is 5.32 Å². The Kier molecular flexibility index (Phi) is 4.74. The van der Waals surface area contributed by atoms with E-state index in [1.807, 2.05) is 0 Å². The Morgan fingerprint density at radius 2 is 2.11 bits per heavy atom. The number of carboxylic acid groups (broad SMARTS) is 1. The summed E-state index contributed by atoms with van der Waals surface area (Å²) in [7, 11) is 3.31. The first-order valence-electron chi connectivity index (χ1n) is 5.92. The summed E-state index contributed by atoms with van der Waals surface area (Å²) in [5.41, 5.74) is 6.84. The van der Waals surface area contributed by atoms with Gasteiger partial charge in [-0.1, -0.05) is 6.92 Å². The zero-order valence-corrected chi connectivity index (χ0v) is 11.3. The third-order valence-electron chi connectivity index (χ3n) is 2.91. The Labute approximate surface area is 112 Å². The van der Waals surface area contributed by atoms with Gasteiger partial charge < -0.3 is 21.1 Å². The van der Waals surface area contributed by atoms with Crippen LogP contribution < -0.4 is 16.0 Å². The molecule has 0 bridgehead atoms. The number of nitrogens with zero attached hydrogens (tertiary/aromatic N) is 1. The molecule has 19 heavy (non-hydrogen) atoms. The highest BCUT2D eigenvalue weighted by atomic mass is 16.4. The molecule has 104 valence electrons. The van der Waals surface area contributed by atoms with Crippen LogP contribution in [-0.4, -0.2) is 37.6 Å². The van der Waals surface area contributed by atoms with Crippen molar-refractivity contribution in [2.75, 3.05) is 31.3 Å². The lowest BCUT2D eigenvalue weighted by Crippen LogP contribution is -2.34.